The van der Waals surface area contributed by atoms with Gasteiger partial charge in [0.05, 0.1) is 24.3 Å². The highest BCUT2D eigenvalue weighted by Crippen LogP contribution is 2.24. The highest BCUT2D eigenvalue weighted by atomic mass is 16.5. The first-order valence-electron chi connectivity index (χ1n) is 7.10. The maximum atomic E-state index is 5.95. The summed E-state index contributed by atoms with van der Waals surface area (Å²) in [5.41, 5.74) is 2.29. The molecule has 2 aromatic rings. The first-order valence-corrected chi connectivity index (χ1v) is 7.10. The van der Waals surface area contributed by atoms with Crippen molar-refractivity contribution in [3.8, 4) is 0 Å². The summed E-state index contributed by atoms with van der Waals surface area (Å²) in [6, 6.07) is 10.7. The fraction of sp³-hybridized carbons (Fsp3) is 0.438. The molecule has 2 atom stereocenters. The molecule has 4 heteroatoms. The van der Waals surface area contributed by atoms with Gasteiger partial charge < -0.3 is 15.0 Å². The van der Waals surface area contributed by atoms with Crippen LogP contribution >= 0.6 is 0 Å². The molecule has 3 rings (SSSR count). The molecule has 1 aliphatic rings. The van der Waals surface area contributed by atoms with E-state index in [1.807, 2.05) is 19.3 Å². The third kappa shape index (κ3) is 2.68. The summed E-state index contributed by atoms with van der Waals surface area (Å²) in [5, 5.41) is 4.58. The van der Waals surface area contributed by atoms with Gasteiger partial charge in [0.2, 0.25) is 0 Å². The number of nitrogens with one attached hydrogen (secondary N) is 1. The van der Waals surface area contributed by atoms with Gasteiger partial charge >= 0.3 is 0 Å². The van der Waals surface area contributed by atoms with E-state index in [1.165, 1.54) is 10.9 Å². The molecular weight excluding hydrogens is 250 g/mol. The molecule has 106 valence electrons. The Bertz CT molecular complexity index is 587. The summed E-state index contributed by atoms with van der Waals surface area (Å²) in [6.45, 7) is 2.76. The molecule has 0 saturated carbocycles. The number of likely N-dealkylation sites (N-methyl/N-ethyl adjacent to an activating group) is 2. The minimum Gasteiger partial charge on any atom is -0.374 e. The van der Waals surface area contributed by atoms with Crippen molar-refractivity contribution in [1.29, 1.82) is 0 Å². The van der Waals surface area contributed by atoms with Crippen LogP contribution in [0.25, 0.3) is 10.9 Å². The van der Waals surface area contributed by atoms with Crippen LogP contribution in [0.4, 0.5) is 0 Å². The van der Waals surface area contributed by atoms with Gasteiger partial charge in [0, 0.05) is 24.7 Å². The molecular formula is C16H21N3O. The molecule has 0 spiro atoms. The highest BCUT2D eigenvalue weighted by molar-refractivity contribution is 5.79. The molecule has 2 heterocycles. The Morgan fingerprint density at radius 3 is 3.10 bits per heavy atom. The number of rotatable bonds is 3. The van der Waals surface area contributed by atoms with E-state index in [2.05, 4.69) is 46.5 Å². The molecule has 20 heavy (non-hydrogen) atoms. The maximum absolute atomic E-state index is 5.95. The number of nitrogens with zero attached hydrogens (tertiary/aromatic N) is 2. The Labute approximate surface area is 119 Å². The number of hydrogen-bond acceptors (Lipinski definition) is 4. The fourth-order valence-corrected chi connectivity index (χ4v) is 2.87. The van der Waals surface area contributed by atoms with Crippen LogP contribution < -0.4 is 5.32 Å². The first-order chi connectivity index (χ1) is 9.78. The fourth-order valence-electron chi connectivity index (χ4n) is 2.87. The Morgan fingerprint density at radius 2 is 2.30 bits per heavy atom. The lowest BCUT2D eigenvalue weighted by atomic mass is 9.98. The van der Waals surface area contributed by atoms with Crippen LogP contribution in [0.15, 0.2) is 36.5 Å². The normalized spacial score (nSPS) is 22.0. The summed E-state index contributed by atoms with van der Waals surface area (Å²) in [4.78, 5) is 6.69. The van der Waals surface area contributed by atoms with E-state index in [0.29, 0.717) is 0 Å². The zero-order valence-electron chi connectivity index (χ0n) is 12.0. The predicted molar refractivity (Wildman–Crippen MR) is 80.8 cm³/mol. The van der Waals surface area contributed by atoms with Gasteiger partial charge in [-0.1, -0.05) is 12.1 Å². The van der Waals surface area contributed by atoms with Gasteiger partial charge in [-0.25, -0.2) is 0 Å². The molecule has 4 nitrogen and oxygen atoms in total. The number of benzene rings is 1. The summed E-state index contributed by atoms with van der Waals surface area (Å²) in [6.07, 6.45) is 2.02. The van der Waals surface area contributed by atoms with Crippen LogP contribution in [-0.4, -0.2) is 49.8 Å². The average molecular weight is 271 g/mol. The standard InChI is InChI=1S/C16H21N3O/c1-17-16(15-11-19(2)8-9-20-15)13-5-6-14-12(10-13)4-3-7-18-14/h3-7,10,15-17H,8-9,11H2,1-2H3. The number of ether oxygens (including phenoxy) is 1. The summed E-state index contributed by atoms with van der Waals surface area (Å²) >= 11 is 0. The molecule has 1 fully saturated rings. The largest absolute Gasteiger partial charge is 0.374 e. The number of fused-ring (bicyclic) bond motifs is 1. The van der Waals surface area contributed by atoms with E-state index in [-0.39, 0.29) is 12.1 Å². The second kappa shape index (κ2) is 5.87. The Balaban J connectivity index is 1.90. The van der Waals surface area contributed by atoms with Crippen molar-refractivity contribution in [3.05, 3.63) is 42.1 Å². The Hall–Kier alpha value is -1.49. The smallest absolute Gasteiger partial charge is 0.0896 e. The van der Waals surface area contributed by atoms with Crippen molar-refractivity contribution in [2.24, 2.45) is 0 Å². The lowest BCUT2D eigenvalue weighted by Crippen LogP contribution is -2.46. The second-order valence-corrected chi connectivity index (χ2v) is 5.39. The third-order valence-electron chi connectivity index (χ3n) is 3.97. The zero-order chi connectivity index (χ0) is 13.9. The molecule has 0 aliphatic carbocycles. The van der Waals surface area contributed by atoms with E-state index in [9.17, 15) is 0 Å². The SMILES string of the molecule is CNC(c1ccc2ncccc2c1)C1CN(C)CCO1. The van der Waals surface area contributed by atoms with Crippen molar-refractivity contribution in [3.63, 3.8) is 0 Å². The van der Waals surface area contributed by atoms with Gasteiger partial charge in [-0.3, -0.25) is 4.98 Å². The van der Waals surface area contributed by atoms with Gasteiger partial charge in [-0.05, 0) is 37.9 Å². The summed E-state index contributed by atoms with van der Waals surface area (Å²) in [5.74, 6) is 0. The van der Waals surface area contributed by atoms with Gasteiger partial charge in [-0.15, -0.1) is 0 Å². The minimum absolute atomic E-state index is 0.188. The quantitative estimate of drug-likeness (QED) is 0.924. The topological polar surface area (TPSA) is 37.4 Å². The Morgan fingerprint density at radius 1 is 1.40 bits per heavy atom. The van der Waals surface area contributed by atoms with Gasteiger partial charge in [0.25, 0.3) is 0 Å². The van der Waals surface area contributed by atoms with E-state index >= 15 is 0 Å². The molecule has 1 aromatic heterocycles. The lowest BCUT2D eigenvalue weighted by Gasteiger charge is -2.35. The van der Waals surface area contributed by atoms with E-state index in [0.717, 1.165) is 25.2 Å². The number of hydrogen-bond donors (Lipinski definition) is 1. The van der Waals surface area contributed by atoms with E-state index in [4.69, 9.17) is 4.74 Å². The molecule has 1 saturated heterocycles. The average Bonchev–Trinajstić information content (AvgIpc) is 2.48. The van der Waals surface area contributed by atoms with Crippen molar-refractivity contribution in [1.82, 2.24) is 15.2 Å². The van der Waals surface area contributed by atoms with Crippen LogP contribution in [0, 0.1) is 0 Å². The molecule has 0 amide bonds. The molecule has 0 radical (unpaired) electrons. The van der Waals surface area contributed by atoms with E-state index < -0.39 is 0 Å². The molecule has 1 aliphatic heterocycles. The zero-order valence-corrected chi connectivity index (χ0v) is 12.0. The first kappa shape index (κ1) is 13.5. The summed E-state index contributed by atoms with van der Waals surface area (Å²) in [7, 11) is 4.14. The van der Waals surface area contributed by atoms with Crippen LogP contribution in [0.2, 0.25) is 0 Å². The van der Waals surface area contributed by atoms with Crippen molar-refractivity contribution in [2.45, 2.75) is 12.1 Å². The third-order valence-corrected chi connectivity index (χ3v) is 3.97. The van der Waals surface area contributed by atoms with Crippen molar-refractivity contribution in [2.75, 3.05) is 33.8 Å². The van der Waals surface area contributed by atoms with Gasteiger partial charge in [0.15, 0.2) is 0 Å². The van der Waals surface area contributed by atoms with Crippen LogP contribution in [-0.2, 0) is 4.74 Å². The maximum Gasteiger partial charge on any atom is 0.0896 e. The van der Waals surface area contributed by atoms with E-state index in [1.54, 1.807) is 0 Å². The van der Waals surface area contributed by atoms with Gasteiger partial charge in [0.1, 0.15) is 0 Å². The molecule has 2 unspecified atom stereocenters. The van der Waals surface area contributed by atoms with Crippen LogP contribution in [0.1, 0.15) is 11.6 Å². The highest BCUT2D eigenvalue weighted by Gasteiger charge is 2.27. The number of morpholine rings is 1. The Kier molecular flexibility index (Phi) is 3.96. The molecule has 1 aromatic carbocycles. The lowest BCUT2D eigenvalue weighted by molar-refractivity contribution is -0.0380. The van der Waals surface area contributed by atoms with Crippen molar-refractivity contribution < 1.29 is 4.74 Å². The summed E-state index contributed by atoms with van der Waals surface area (Å²) < 4.78 is 5.95. The number of pyridine rings is 1. The minimum atomic E-state index is 0.188. The number of aromatic nitrogens is 1. The predicted octanol–water partition coefficient (Wildman–Crippen LogP) is 1.83. The van der Waals surface area contributed by atoms with Crippen LogP contribution in [0.5, 0.6) is 0 Å². The second-order valence-electron chi connectivity index (χ2n) is 5.39. The molecule has 0 bridgehead atoms. The molecule has 1 N–H and O–H groups in total. The van der Waals surface area contributed by atoms with Gasteiger partial charge in [-0.2, -0.15) is 0 Å². The monoisotopic (exact) mass is 271 g/mol. The van der Waals surface area contributed by atoms with Crippen LogP contribution in [0.3, 0.4) is 0 Å². The van der Waals surface area contributed by atoms with Crippen molar-refractivity contribution >= 4 is 10.9 Å².